The van der Waals surface area contributed by atoms with Crippen LogP contribution in [0.2, 0.25) is 5.02 Å². The molecule has 11 nitrogen and oxygen atoms in total. The number of hydrogen-bond acceptors (Lipinski definition) is 7. The SMILES string of the molecule is COCC(=O)Nc1ccc(N2C(=S)N[C@H](c3ccccn3)[C@H]2c2cc(C)n(-c3ccc(OC)cc3[N+](=O)[O-])c2C)cc1Cl. The molecule has 2 aromatic heterocycles. The van der Waals surface area contributed by atoms with Crippen molar-refractivity contribution in [3.63, 3.8) is 0 Å². The molecule has 1 aliphatic heterocycles. The molecule has 2 atom stereocenters. The summed E-state index contributed by atoms with van der Waals surface area (Å²) in [6.45, 7) is 3.72. The van der Waals surface area contributed by atoms with Crippen LogP contribution in [0, 0.1) is 24.0 Å². The van der Waals surface area contributed by atoms with E-state index in [1.54, 1.807) is 30.5 Å². The van der Waals surface area contributed by atoms with Crippen LogP contribution in [0.5, 0.6) is 5.75 Å². The van der Waals surface area contributed by atoms with Gasteiger partial charge in [-0.15, -0.1) is 0 Å². The molecule has 43 heavy (non-hydrogen) atoms. The maximum absolute atomic E-state index is 12.1. The maximum atomic E-state index is 12.1. The van der Waals surface area contributed by atoms with Crippen molar-refractivity contribution in [2.45, 2.75) is 25.9 Å². The summed E-state index contributed by atoms with van der Waals surface area (Å²) in [7, 11) is 2.91. The molecule has 1 fully saturated rings. The number of halogens is 1. The predicted molar refractivity (Wildman–Crippen MR) is 168 cm³/mol. The lowest BCUT2D eigenvalue weighted by Crippen LogP contribution is -2.29. The van der Waals surface area contributed by atoms with Crippen molar-refractivity contribution in [3.05, 3.63) is 105 Å². The van der Waals surface area contributed by atoms with E-state index in [9.17, 15) is 14.9 Å². The summed E-state index contributed by atoms with van der Waals surface area (Å²) in [6, 6.07) is 17.0. The zero-order valence-electron chi connectivity index (χ0n) is 23.8. The van der Waals surface area contributed by atoms with Crippen LogP contribution in [0.1, 0.15) is 34.7 Å². The molecule has 4 aromatic rings. The summed E-state index contributed by atoms with van der Waals surface area (Å²) in [5, 5.41) is 19.0. The number of carbonyl (C=O) groups excluding carboxylic acids is 1. The third-order valence-electron chi connectivity index (χ3n) is 7.29. The monoisotopic (exact) mass is 620 g/mol. The van der Waals surface area contributed by atoms with Crippen molar-refractivity contribution >= 4 is 51.9 Å². The highest BCUT2D eigenvalue weighted by Crippen LogP contribution is 2.45. The molecule has 0 radical (unpaired) electrons. The first kappa shape index (κ1) is 30.0. The average molecular weight is 621 g/mol. The third kappa shape index (κ3) is 5.76. The highest BCUT2D eigenvalue weighted by atomic mass is 35.5. The molecule has 3 heterocycles. The Labute approximate surface area is 258 Å². The Balaban J connectivity index is 1.64. The number of aryl methyl sites for hydroxylation is 1. The predicted octanol–water partition coefficient (Wildman–Crippen LogP) is 5.82. The summed E-state index contributed by atoms with van der Waals surface area (Å²) in [5.74, 6) is 0.0623. The number of amides is 1. The summed E-state index contributed by atoms with van der Waals surface area (Å²) in [4.78, 5) is 30.3. The van der Waals surface area contributed by atoms with Gasteiger partial charge in [-0.3, -0.25) is 19.9 Å². The third-order valence-corrected chi connectivity index (χ3v) is 7.91. The highest BCUT2D eigenvalue weighted by molar-refractivity contribution is 7.80. The lowest BCUT2D eigenvalue weighted by atomic mass is 9.96. The number of carbonyl (C=O) groups is 1. The van der Waals surface area contributed by atoms with Gasteiger partial charge >= 0.3 is 0 Å². The molecule has 0 saturated carbocycles. The molecule has 0 unspecified atom stereocenters. The fraction of sp³-hybridized carbons (Fsp3) is 0.233. The summed E-state index contributed by atoms with van der Waals surface area (Å²) < 4.78 is 12.0. The van der Waals surface area contributed by atoms with E-state index in [-0.39, 0.29) is 24.2 Å². The number of rotatable bonds is 9. The van der Waals surface area contributed by atoms with E-state index in [1.807, 2.05) is 53.6 Å². The van der Waals surface area contributed by atoms with Crippen molar-refractivity contribution in [3.8, 4) is 11.4 Å². The Morgan fingerprint density at radius 3 is 2.60 bits per heavy atom. The largest absolute Gasteiger partial charge is 0.496 e. The second-order valence-corrected chi connectivity index (χ2v) is 10.7. The standard InChI is InChI=1S/C30H29ClN6O5S/c1-17-13-21(18(2)35(17)25-11-9-20(42-4)15-26(25)37(39)40)29-28(24-7-5-6-12-32-24)34-30(43)36(29)19-8-10-23(22(31)14-19)33-27(38)16-41-3/h5-15,28-29H,16H2,1-4H3,(H,33,38)(H,34,43)/t28-,29-/m1/s1. The first-order valence-corrected chi connectivity index (χ1v) is 14.0. The second-order valence-electron chi connectivity index (χ2n) is 9.92. The van der Waals surface area contributed by atoms with Crippen LogP contribution in [0.4, 0.5) is 17.1 Å². The molecule has 1 saturated heterocycles. The minimum absolute atomic E-state index is 0.0798. The number of thiocarbonyl (C=S) groups is 1. The van der Waals surface area contributed by atoms with Crippen LogP contribution >= 0.6 is 23.8 Å². The molecule has 0 spiro atoms. The van der Waals surface area contributed by atoms with Gasteiger partial charge in [-0.1, -0.05) is 17.7 Å². The van der Waals surface area contributed by atoms with Gasteiger partial charge < -0.3 is 29.6 Å². The molecule has 222 valence electrons. The lowest BCUT2D eigenvalue weighted by molar-refractivity contribution is -0.384. The number of pyridine rings is 1. The van der Waals surface area contributed by atoms with Crippen LogP contribution < -0.4 is 20.3 Å². The van der Waals surface area contributed by atoms with Crippen molar-refractivity contribution in [2.24, 2.45) is 0 Å². The Morgan fingerprint density at radius 1 is 1.16 bits per heavy atom. The average Bonchev–Trinajstić information content (AvgIpc) is 3.48. The minimum atomic E-state index is -0.416. The number of nitro groups is 1. The number of aromatic nitrogens is 2. The smallest absolute Gasteiger partial charge is 0.296 e. The minimum Gasteiger partial charge on any atom is -0.496 e. The van der Waals surface area contributed by atoms with E-state index in [1.165, 1.54) is 20.3 Å². The van der Waals surface area contributed by atoms with Gasteiger partial charge in [0.1, 0.15) is 18.0 Å². The topological polar surface area (TPSA) is 124 Å². The fourth-order valence-corrected chi connectivity index (χ4v) is 6.01. The van der Waals surface area contributed by atoms with E-state index in [2.05, 4.69) is 15.6 Å². The van der Waals surface area contributed by atoms with Crippen LogP contribution in [0.3, 0.4) is 0 Å². The van der Waals surface area contributed by atoms with Crippen molar-refractivity contribution in [1.29, 1.82) is 0 Å². The van der Waals surface area contributed by atoms with Crippen LogP contribution in [0.15, 0.2) is 66.9 Å². The Bertz CT molecular complexity index is 1710. The summed E-state index contributed by atoms with van der Waals surface area (Å²) in [5.41, 5.74) is 4.72. The van der Waals surface area contributed by atoms with E-state index < -0.39 is 11.0 Å². The second kappa shape index (κ2) is 12.4. The van der Waals surface area contributed by atoms with Crippen LogP contribution in [0.25, 0.3) is 5.69 Å². The van der Waals surface area contributed by atoms with Crippen molar-refractivity contribution in [2.75, 3.05) is 31.0 Å². The van der Waals surface area contributed by atoms with Gasteiger partial charge in [0.25, 0.3) is 5.69 Å². The molecule has 13 heteroatoms. The number of hydrogen-bond donors (Lipinski definition) is 2. The molecule has 0 aliphatic carbocycles. The Kier molecular flexibility index (Phi) is 8.62. The molecular weight excluding hydrogens is 592 g/mol. The summed E-state index contributed by atoms with van der Waals surface area (Å²) >= 11 is 12.5. The molecule has 5 rings (SSSR count). The number of ether oxygens (including phenoxy) is 2. The van der Waals surface area contributed by atoms with Gasteiger partial charge in [-0.25, -0.2) is 0 Å². The van der Waals surface area contributed by atoms with Gasteiger partial charge in [0.15, 0.2) is 5.11 Å². The number of methoxy groups -OCH3 is 2. The van der Waals surface area contributed by atoms with E-state index in [0.717, 1.165) is 22.6 Å². The zero-order valence-corrected chi connectivity index (χ0v) is 25.4. The first-order valence-electron chi connectivity index (χ1n) is 13.2. The number of anilines is 2. The molecular formula is C30H29ClN6O5S. The van der Waals surface area contributed by atoms with E-state index in [0.29, 0.717) is 32.9 Å². The van der Waals surface area contributed by atoms with Gasteiger partial charge in [0, 0.05) is 30.4 Å². The lowest BCUT2D eigenvalue weighted by Gasteiger charge is -2.28. The quantitative estimate of drug-likeness (QED) is 0.135. The highest BCUT2D eigenvalue weighted by Gasteiger charge is 2.42. The van der Waals surface area contributed by atoms with Crippen molar-refractivity contribution < 1.29 is 19.2 Å². The van der Waals surface area contributed by atoms with E-state index in [4.69, 9.17) is 33.3 Å². The van der Waals surface area contributed by atoms with Gasteiger partial charge in [0.2, 0.25) is 5.91 Å². The summed E-state index contributed by atoms with van der Waals surface area (Å²) in [6.07, 6.45) is 1.72. The maximum Gasteiger partial charge on any atom is 0.296 e. The number of benzene rings is 2. The Hall–Kier alpha value is -4.52. The van der Waals surface area contributed by atoms with Gasteiger partial charge in [-0.2, -0.15) is 0 Å². The molecule has 0 bridgehead atoms. The van der Waals surface area contributed by atoms with Gasteiger partial charge in [-0.05, 0) is 80.2 Å². The molecule has 1 amide bonds. The molecule has 1 aliphatic rings. The number of nitrogens with zero attached hydrogens (tertiary/aromatic N) is 4. The number of nitrogens with one attached hydrogen (secondary N) is 2. The van der Waals surface area contributed by atoms with Crippen LogP contribution in [-0.4, -0.2) is 46.3 Å². The van der Waals surface area contributed by atoms with Crippen molar-refractivity contribution in [1.82, 2.24) is 14.9 Å². The number of nitro benzene ring substituents is 1. The first-order chi connectivity index (χ1) is 20.6. The fourth-order valence-electron chi connectivity index (χ4n) is 5.44. The Morgan fingerprint density at radius 2 is 1.95 bits per heavy atom. The van der Waals surface area contributed by atoms with E-state index >= 15 is 0 Å². The van der Waals surface area contributed by atoms with Gasteiger partial charge in [0.05, 0.1) is 46.6 Å². The molecule has 2 N–H and O–H groups in total. The van der Waals surface area contributed by atoms with Crippen LogP contribution in [-0.2, 0) is 9.53 Å². The molecule has 2 aromatic carbocycles. The zero-order chi connectivity index (χ0) is 30.8. The normalized spacial score (nSPS) is 16.2.